The fourth-order valence-corrected chi connectivity index (χ4v) is 1.41. The zero-order valence-electron chi connectivity index (χ0n) is 10.6. The molecule has 0 aliphatic carbocycles. The Kier molecular flexibility index (Phi) is 8.17. The van der Waals surface area contributed by atoms with Gasteiger partial charge in [0.1, 0.15) is 6.04 Å². The van der Waals surface area contributed by atoms with Crippen molar-refractivity contribution < 1.29 is 19.2 Å². The summed E-state index contributed by atoms with van der Waals surface area (Å²) < 4.78 is 0. The van der Waals surface area contributed by atoms with Crippen LogP contribution in [-0.2, 0) is 19.2 Å². The van der Waals surface area contributed by atoms with E-state index in [9.17, 15) is 19.2 Å². The van der Waals surface area contributed by atoms with Crippen molar-refractivity contribution in [1.29, 1.82) is 0 Å². The number of hydrogen-bond donors (Lipinski definition) is 3. The van der Waals surface area contributed by atoms with Crippen LogP contribution in [0.4, 0.5) is 0 Å². The Morgan fingerprint density at radius 3 is 2.28 bits per heavy atom. The molecule has 0 spiro atoms. The predicted octanol–water partition coefficient (Wildman–Crippen LogP) is -0.930. The Labute approximate surface area is 106 Å². The summed E-state index contributed by atoms with van der Waals surface area (Å²) in [4.78, 5) is 43.1. The van der Waals surface area contributed by atoms with Crippen LogP contribution in [0.3, 0.4) is 0 Å². The fourth-order valence-electron chi connectivity index (χ4n) is 1.41. The first-order chi connectivity index (χ1) is 8.47. The number of rotatable bonds is 8. The molecule has 0 saturated carbocycles. The molecule has 0 aliphatic heterocycles. The van der Waals surface area contributed by atoms with Gasteiger partial charge < -0.3 is 10.6 Å². The monoisotopic (exact) mass is 257 g/mol. The second-order valence-electron chi connectivity index (χ2n) is 3.86. The zero-order valence-corrected chi connectivity index (χ0v) is 10.6. The molecule has 4 amide bonds. The number of imide groups is 1. The third-order valence-corrected chi connectivity index (χ3v) is 2.19. The average molecular weight is 257 g/mol. The molecule has 102 valence electrons. The van der Waals surface area contributed by atoms with Gasteiger partial charge in [0, 0.05) is 20.4 Å². The highest BCUT2D eigenvalue weighted by molar-refractivity contribution is 5.92. The van der Waals surface area contributed by atoms with Crippen LogP contribution in [0.25, 0.3) is 0 Å². The third kappa shape index (κ3) is 8.26. The minimum Gasteiger partial charge on any atom is -0.356 e. The number of nitrogens with one attached hydrogen (secondary N) is 3. The maximum absolute atomic E-state index is 11.4. The van der Waals surface area contributed by atoms with Gasteiger partial charge in [0.05, 0.1) is 0 Å². The summed E-state index contributed by atoms with van der Waals surface area (Å²) >= 11 is 0. The van der Waals surface area contributed by atoms with E-state index < -0.39 is 11.9 Å². The van der Waals surface area contributed by atoms with Gasteiger partial charge in [-0.25, -0.2) is 0 Å². The van der Waals surface area contributed by atoms with E-state index in [1.54, 1.807) is 0 Å². The quantitative estimate of drug-likeness (QED) is 0.386. The number of carbonyl (C=O) groups excluding carboxylic acids is 4. The molecule has 0 aromatic carbocycles. The van der Waals surface area contributed by atoms with Gasteiger partial charge in [-0.15, -0.1) is 0 Å². The number of carbonyl (C=O) groups is 4. The van der Waals surface area contributed by atoms with E-state index in [1.807, 2.05) is 5.32 Å². The fraction of sp³-hybridized carbons (Fsp3) is 0.636. The molecular formula is C11H19N3O4. The van der Waals surface area contributed by atoms with E-state index in [2.05, 4.69) is 10.6 Å². The Morgan fingerprint density at radius 2 is 1.78 bits per heavy atom. The van der Waals surface area contributed by atoms with Gasteiger partial charge >= 0.3 is 0 Å². The van der Waals surface area contributed by atoms with Crippen molar-refractivity contribution in [1.82, 2.24) is 16.0 Å². The molecule has 1 unspecified atom stereocenters. The normalized spacial score (nSPS) is 11.2. The lowest BCUT2D eigenvalue weighted by Gasteiger charge is -2.15. The van der Waals surface area contributed by atoms with Crippen molar-refractivity contribution in [2.24, 2.45) is 0 Å². The SMILES string of the molecule is CC(=O)NCCCCC(NC(C)=O)C(=O)NC=O. The van der Waals surface area contributed by atoms with Crippen LogP contribution >= 0.6 is 0 Å². The smallest absolute Gasteiger partial charge is 0.248 e. The molecule has 0 aromatic heterocycles. The molecule has 0 aliphatic rings. The summed E-state index contributed by atoms with van der Waals surface area (Å²) in [5, 5.41) is 7.10. The largest absolute Gasteiger partial charge is 0.356 e. The van der Waals surface area contributed by atoms with Gasteiger partial charge in [-0.05, 0) is 19.3 Å². The zero-order chi connectivity index (χ0) is 14.0. The van der Waals surface area contributed by atoms with E-state index in [0.29, 0.717) is 25.8 Å². The lowest BCUT2D eigenvalue weighted by atomic mass is 10.1. The lowest BCUT2D eigenvalue weighted by Crippen LogP contribution is -2.45. The summed E-state index contributed by atoms with van der Waals surface area (Å²) in [5.41, 5.74) is 0. The molecule has 7 heteroatoms. The van der Waals surface area contributed by atoms with E-state index >= 15 is 0 Å². The van der Waals surface area contributed by atoms with Gasteiger partial charge in [-0.1, -0.05) is 0 Å². The Hall–Kier alpha value is -1.92. The van der Waals surface area contributed by atoms with Gasteiger partial charge in [0.2, 0.25) is 24.1 Å². The minimum absolute atomic E-state index is 0.105. The number of unbranched alkanes of at least 4 members (excludes halogenated alkanes) is 1. The average Bonchev–Trinajstić information content (AvgIpc) is 2.26. The van der Waals surface area contributed by atoms with Gasteiger partial charge in [-0.3, -0.25) is 24.5 Å². The first-order valence-electron chi connectivity index (χ1n) is 5.73. The molecule has 0 rings (SSSR count). The summed E-state index contributed by atoms with van der Waals surface area (Å²) in [7, 11) is 0. The summed E-state index contributed by atoms with van der Waals surface area (Å²) in [6.07, 6.45) is 2.05. The Morgan fingerprint density at radius 1 is 1.11 bits per heavy atom. The molecule has 0 radical (unpaired) electrons. The summed E-state index contributed by atoms with van der Waals surface area (Å²) in [5.74, 6) is -0.963. The lowest BCUT2D eigenvalue weighted by molar-refractivity contribution is -0.130. The second-order valence-corrected chi connectivity index (χ2v) is 3.86. The van der Waals surface area contributed by atoms with Gasteiger partial charge in [0.15, 0.2) is 0 Å². The first-order valence-corrected chi connectivity index (χ1v) is 5.73. The van der Waals surface area contributed by atoms with Gasteiger partial charge in [-0.2, -0.15) is 0 Å². The van der Waals surface area contributed by atoms with Crippen molar-refractivity contribution in [3.05, 3.63) is 0 Å². The van der Waals surface area contributed by atoms with Crippen molar-refractivity contribution >= 4 is 24.1 Å². The van der Waals surface area contributed by atoms with Crippen molar-refractivity contribution in [3.8, 4) is 0 Å². The molecule has 0 bridgehead atoms. The molecular weight excluding hydrogens is 238 g/mol. The number of hydrogen-bond acceptors (Lipinski definition) is 4. The maximum atomic E-state index is 11.4. The molecule has 0 fully saturated rings. The number of amides is 4. The summed E-state index contributed by atoms with van der Waals surface area (Å²) in [6, 6.07) is -0.718. The van der Waals surface area contributed by atoms with E-state index in [-0.39, 0.29) is 18.2 Å². The molecule has 0 saturated heterocycles. The van der Waals surface area contributed by atoms with Crippen LogP contribution in [0.2, 0.25) is 0 Å². The summed E-state index contributed by atoms with van der Waals surface area (Å²) in [6.45, 7) is 3.26. The molecule has 1 atom stereocenters. The Bertz CT molecular complexity index is 317. The highest BCUT2D eigenvalue weighted by atomic mass is 16.2. The van der Waals surface area contributed by atoms with Crippen LogP contribution in [-0.4, -0.2) is 36.7 Å². The van der Waals surface area contributed by atoms with Crippen LogP contribution in [0.15, 0.2) is 0 Å². The molecule has 0 heterocycles. The maximum Gasteiger partial charge on any atom is 0.248 e. The first kappa shape index (κ1) is 16.1. The van der Waals surface area contributed by atoms with E-state index in [0.717, 1.165) is 0 Å². The molecule has 7 nitrogen and oxygen atoms in total. The Balaban J connectivity index is 4.00. The highest BCUT2D eigenvalue weighted by Crippen LogP contribution is 2.01. The highest BCUT2D eigenvalue weighted by Gasteiger charge is 2.18. The predicted molar refractivity (Wildman–Crippen MR) is 64.3 cm³/mol. The standard InChI is InChI=1S/C11H19N3O4/c1-8(16)12-6-4-3-5-10(14-9(2)17)11(18)13-7-15/h7,10H,3-6H2,1-2H3,(H,12,16)(H,14,17)(H,13,15,18). The van der Waals surface area contributed by atoms with Crippen LogP contribution < -0.4 is 16.0 Å². The van der Waals surface area contributed by atoms with Crippen molar-refractivity contribution in [3.63, 3.8) is 0 Å². The second kappa shape index (κ2) is 9.15. The van der Waals surface area contributed by atoms with E-state index in [4.69, 9.17) is 0 Å². The van der Waals surface area contributed by atoms with Crippen LogP contribution in [0, 0.1) is 0 Å². The van der Waals surface area contributed by atoms with Crippen molar-refractivity contribution in [2.75, 3.05) is 6.54 Å². The van der Waals surface area contributed by atoms with Crippen LogP contribution in [0.5, 0.6) is 0 Å². The molecule has 0 aromatic rings. The molecule has 18 heavy (non-hydrogen) atoms. The topological polar surface area (TPSA) is 104 Å². The third-order valence-electron chi connectivity index (χ3n) is 2.19. The van der Waals surface area contributed by atoms with Crippen molar-refractivity contribution in [2.45, 2.75) is 39.2 Å². The van der Waals surface area contributed by atoms with E-state index in [1.165, 1.54) is 13.8 Å². The minimum atomic E-state index is -0.718. The molecule has 3 N–H and O–H groups in total. The van der Waals surface area contributed by atoms with Crippen LogP contribution in [0.1, 0.15) is 33.1 Å². The van der Waals surface area contributed by atoms with Gasteiger partial charge in [0.25, 0.3) is 0 Å².